The molecule has 2 heterocycles. The summed E-state index contributed by atoms with van der Waals surface area (Å²) in [5.41, 5.74) is 1.91. The molecule has 0 amide bonds. The number of hydrogen-bond donors (Lipinski definition) is 1. The zero-order chi connectivity index (χ0) is 37.1. The van der Waals surface area contributed by atoms with Crippen LogP contribution in [-0.4, -0.2) is 28.4 Å². The second kappa shape index (κ2) is 18.2. The van der Waals surface area contributed by atoms with Gasteiger partial charge >= 0.3 is 21.3 Å². The third-order valence-electron chi connectivity index (χ3n) is 8.23. The van der Waals surface area contributed by atoms with E-state index in [1.165, 1.54) is 10.8 Å². The Hall–Kier alpha value is -4.26. The Balaban J connectivity index is 1.26. The minimum Gasteiger partial charge on any atom is -0.349 e. The molecule has 6 rings (SSSR count). The Labute approximate surface area is 306 Å². The summed E-state index contributed by atoms with van der Waals surface area (Å²) in [5.74, 6) is 0. The van der Waals surface area contributed by atoms with E-state index < -0.39 is 51.9 Å². The lowest BCUT2D eigenvalue weighted by Crippen LogP contribution is -2.33. The first-order valence-electron chi connectivity index (χ1n) is 16.9. The molecule has 1 saturated heterocycles. The van der Waals surface area contributed by atoms with E-state index in [4.69, 9.17) is 31.9 Å². The Bertz CT molecular complexity index is 2020. The second-order valence-corrected chi connectivity index (χ2v) is 15.5. The van der Waals surface area contributed by atoms with Crippen LogP contribution in [0, 0.1) is 6.92 Å². The Morgan fingerprint density at radius 2 is 1.06 bits per heavy atom. The molecule has 0 aliphatic carbocycles. The molecule has 1 fully saturated rings. The average molecular weight is 763 g/mol. The summed E-state index contributed by atoms with van der Waals surface area (Å²) < 4.78 is 71.4. The largest absolute Gasteiger partial charge is 0.475 e. The molecule has 4 aromatic carbocycles. The van der Waals surface area contributed by atoms with Crippen molar-refractivity contribution in [1.29, 1.82) is 0 Å². The van der Waals surface area contributed by atoms with E-state index in [1.807, 2.05) is 97.1 Å². The highest BCUT2D eigenvalue weighted by Crippen LogP contribution is 2.56. The summed E-state index contributed by atoms with van der Waals surface area (Å²) in [6, 6.07) is 36.4. The van der Waals surface area contributed by atoms with Crippen LogP contribution in [-0.2, 0) is 67.4 Å². The van der Waals surface area contributed by atoms with Crippen LogP contribution >= 0.6 is 15.6 Å². The number of hydrogen-bond acceptors (Lipinski definition) is 11. The monoisotopic (exact) mass is 762 g/mol. The molecule has 15 heteroatoms. The summed E-state index contributed by atoms with van der Waals surface area (Å²) in [7, 11) is -8.65. The average Bonchev–Trinajstić information content (AvgIpc) is 3.58. The summed E-state index contributed by atoms with van der Waals surface area (Å²) in [4.78, 5) is 27.3. The zero-order valence-electron chi connectivity index (χ0n) is 28.9. The number of ether oxygens (including phenoxy) is 1. The van der Waals surface area contributed by atoms with Crippen LogP contribution in [0.1, 0.15) is 40.5 Å². The highest BCUT2D eigenvalue weighted by Gasteiger charge is 2.45. The fourth-order valence-electron chi connectivity index (χ4n) is 5.38. The molecule has 3 atom stereocenters. The first-order chi connectivity index (χ1) is 25.7. The summed E-state index contributed by atoms with van der Waals surface area (Å²) in [6.07, 6.45) is -1.88. The molecule has 5 aromatic rings. The van der Waals surface area contributed by atoms with Crippen molar-refractivity contribution in [1.82, 2.24) is 9.55 Å². The molecule has 1 aliphatic heterocycles. The van der Waals surface area contributed by atoms with Crippen LogP contribution in [0.2, 0.25) is 0 Å². The van der Waals surface area contributed by atoms with Gasteiger partial charge in [-0.2, -0.15) is 0 Å². The molecular weight excluding hydrogens is 722 g/mol. The van der Waals surface area contributed by atoms with Crippen molar-refractivity contribution in [3.8, 4) is 0 Å². The molecule has 0 bridgehead atoms. The fraction of sp³-hybridized carbons (Fsp3) is 0.263. The molecule has 13 nitrogen and oxygen atoms in total. The quantitative estimate of drug-likeness (QED) is 0.0878. The van der Waals surface area contributed by atoms with Crippen molar-refractivity contribution in [2.24, 2.45) is 0 Å². The van der Waals surface area contributed by atoms with Crippen molar-refractivity contribution in [3.05, 3.63) is 176 Å². The van der Waals surface area contributed by atoms with E-state index in [0.29, 0.717) is 0 Å². The standard InChI is InChI=1S/C38H40N2O11P2/c1-29-23-40(38(42)39-37(29)41)36-22-34(51-53(44,47-26-32-18-10-4-11-19-32)48-27-33-20-12-5-13-21-33)35(50-36)28-49-52(43,45-24-30-14-6-2-7-15-30)46-25-31-16-8-3-9-17-31/h2-21,23,34-36H,22,24-28H2,1H3,(H,39,41,42)/t34-,35-,36-/m1/s1. The van der Waals surface area contributed by atoms with Crippen molar-refractivity contribution in [2.45, 2.75) is 58.2 Å². The predicted molar refractivity (Wildman–Crippen MR) is 196 cm³/mol. The van der Waals surface area contributed by atoms with Gasteiger partial charge in [0.2, 0.25) is 0 Å². The molecule has 1 aliphatic rings. The number of H-pyrrole nitrogens is 1. The molecule has 0 spiro atoms. The highest BCUT2D eigenvalue weighted by molar-refractivity contribution is 7.48. The van der Waals surface area contributed by atoms with Gasteiger partial charge in [0.05, 0.1) is 33.0 Å². The van der Waals surface area contributed by atoms with Gasteiger partial charge in [0.25, 0.3) is 5.56 Å². The number of nitrogens with one attached hydrogen (secondary N) is 1. The topological polar surface area (TPSA) is 154 Å². The number of aryl methyl sites for hydroxylation is 1. The van der Waals surface area contributed by atoms with Gasteiger partial charge in [0, 0.05) is 18.2 Å². The molecule has 1 N–H and O–H groups in total. The SMILES string of the molecule is Cc1cn([C@H]2C[C@@H](OP(=O)(OCc3ccccc3)OCc3ccccc3)[C@@H](COP(=O)(OCc3ccccc3)OCc3ccccc3)O2)c(=O)[nH]c1=O. The van der Waals surface area contributed by atoms with Gasteiger partial charge in [-0.25, -0.2) is 13.9 Å². The maximum atomic E-state index is 14.4. The third-order valence-corrected chi connectivity index (χ3v) is 11.0. The van der Waals surface area contributed by atoms with E-state index in [1.54, 1.807) is 31.2 Å². The Morgan fingerprint density at radius 1 is 0.642 bits per heavy atom. The van der Waals surface area contributed by atoms with Gasteiger partial charge in [0.15, 0.2) is 0 Å². The molecule has 1 aromatic heterocycles. The lowest BCUT2D eigenvalue weighted by atomic mass is 10.2. The first kappa shape index (κ1) is 38.5. The third kappa shape index (κ3) is 11.1. The fourth-order valence-corrected chi connectivity index (χ4v) is 7.92. The molecular formula is C38H40N2O11P2. The lowest BCUT2D eigenvalue weighted by Gasteiger charge is -2.25. The number of aromatic amines is 1. The number of benzene rings is 4. The zero-order valence-corrected chi connectivity index (χ0v) is 30.7. The number of rotatable bonds is 18. The van der Waals surface area contributed by atoms with E-state index in [-0.39, 0.29) is 38.4 Å². The molecule has 278 valence electrons. The maximum Gasteiger partial charge on any atom is 0.475 e. The minimum atomic E-state index is -4.37. The maximum absolute atomic E-state index is 14.4. The van der Waals surface area contributed by atoms with Crippen molar-refractivity contribution < 1.29 is 41.0 Å². The van der Waals surface area contributed by atoms with Crippen LogP contribution in [0.3, 0.4) is 0 Å². The molecule has 0 saturated carbocycles. The number of phosphoric acid groups is 2. The van der Waals surface area contributed by atoms with Crippen LogP contribution < -0.4 is 11.2 Å². The van der Waals surface area contributed by atoms with Crippen LogP contribution in [0.4, 0.5) is 0 Å². The van der Waals surface area contributed by atoms with Gasteiger partial charge in [-0.1, -0.05) is 121 Å². The van der Waals surface area contributed by atoms with Gasteiger partial charge in [-0.3, -0.25) is 41.5 Å². The van der Waals surface area contributed by atoms with Gasteiger partial charge in [0.1, 0.15) is 18.4 Å². The summed E-state index contributed by atoms with van der Waals surface area (Å²) in [5, 5.41) is 0. The summed E-state index contributed by atoms with van der Waals surface area (Å²) in [6.45, 7) is 0.757. The first-order valence-corrected chi connectivity index (χ1v) is 19.8. The molecule has 0 unspecified atom stereocenters. The Morgan fingerprint density at radius 3 is 1.49 bits per heavy atom. The second-order valence-electron chi connectivity index (χ2n) is 12.2. The van der Waals surface area contributed by atoms with Crippen molar-refractivity contribution in [2.75, 3.05) is 6.61 Å². The van der Waals surface area contributed by atoms with Crippen LogP contribution in [0.25, 0.3) is 0 Å². The van der Waals surface area contributed by atoms with E-state index in [0.717, 1.165) is 22.3 Å². The normalized spacial score (nSPS) is 17.6. The van der Waals surface area contributed by atoms with Gasteiger partial charge in [-0.05, 0) is 29.2 Å². The van der Waals surface area contributed by atoms with E-state index in [9.17, 15) is 18.7 Å². The van der Waals surface area contributed by atoms with Crippen LogP contribution in [0.5, 0.6) is 0 Å². The number of aromatic nitrogens is 2. The molecule has 53 heavy (non-hydrogen) atoms. The van der Waals surface area contributed by atoms with Crippen LogP contribution in [0.15, 0.2) is 137 Å². The Kier molecular flexibility index (Phi) is 13.2. The van der Waals surface area contributed by atoms with Gasteiger partial charge in [-0.15, -0.1) is 0 Å². The van der Waals surface area contributed by atoms with E-state index in [2.05, 4.69) is 4.98 Å². The lowest BCUT2D eigenvalue weighted by molar-refractivity contribution is -0.0509. The number of phosphoric ester groups is 2. The molecule has 0 radical (unpaired) electrons. The summed E-state index contributed by atoms with van der Waals surface area (Å²) >= 11 is 0. The van der Waals surface area contributed by atoms with E-state index >= 15 is 0 Å². The predicted octanol–water partition coefficient (Wildman–Crippen LogP) is 7.62. The number of nitrogens with zero attached hydrogens (tertiary/aromatic N) is 1. The highest BCUT2D eigenvalue weighted by atomic mass is 31.2. The van der Waals surface area contributed by atoms with Crippen molar-refractivity contribution in [3.63, 3.8) is 0 Å². The van der Waals surface area contributed by atoms with Gasteiger partial charge < -0.3 is 4.74 Å². The van der Waals surface area contributed by atoms with Crippen molar-refractivity contribution >= 4 is 15.6 Å². The smallest absolute Gasteiger partial charge is 0.349 e. The minimum absolute atomic E-state index is 0.0488.